The molecule has 3 rings (SSSR count). The molecule has 2 heterocycles. The Kier molecular flexibility index (Phi) is 4.16. The molecule has 118 valence electrons. The van der Waals surface area contributed by atoms with Gasteiger partial charge in [0.15, 0.2) is 0 Å². The van der Waals surface area contributed by atoms with Crippen molar-refractivity contribution < 1.29 is 8.42 Å². The molecule has 2 atom stereocenters. The van der Waals surface area contributed by atoms with Crippen LogP contribution in [0.15, 0.2) is 41.6 Å². The summed E-state index contributed by atoms with van der Waals surface area (Å²) in [5.74, 6) is 0. The number of benzene rings is 1. The highest BCUT2D eigenvalue weighted by molar-refractivity contribution is 7.89. The van der Waals surface area contributed by atoms with E-state index in [9.17, 15) is 8.42 Å². The summed E-state index contributed by atoms with van der Waals surface area (Å²) in [5, 5.41) is 5.13. The molecule has 22 heavy (non-hydrogen) atoms. The number of aromatic nitrogens is 1. The van der Waals surface area contributed by atoms with E-state index in [1.807, 2.05) is 26.0 Å². The van der Waals surface area contributed by atoms with E-state index in [0.717, 1.165) is 23.7 Å². The fourth-order valence-electron chi connectivity index (χ4n) is 3.09. The molecule has 0 saturated carbocycles. The van der Waals surface area contributed by atoms with Gasteiger partial charge in [-0.05, 0) is 50.4 Å². The van der Waals surface area contributed by atoms with Crippen LogP contribution in [0.2, 0.25) is 0 Å². The Balaban J connectivity index is 2.06. The SMILES string of the molecule is C[C@@H]1CCNC[C@@H](C)N1S(=O)(=O)c1ccc2cnccc2c1. The minimum Gasteiger partial charge on any atom is -0.315 e. The maximum absolute atomic E-state index is 13.1. The van der Waals surface area contributed by atoms with Crippen LogP contribution in [0.1, 0.15) is 20.3 Å². The summed E-state index contributed by atoms with van der Waals surface area (Å²) in [6, 6.07) is 7.01. The summed E-state index contributed by atoms with van der Waals surface area (Å²) in [6.45, 7) is 5.46. The van der Waals surface area contributed by atoms with Crippen LogP contribution in [0.5, 0.6) is 0 Å². The first kappa shape index (κ1) is 15.4. The second-order valence-corrected chi connectivity index (χ2v) is 7.75. The van der Waals surface area contributed by atoms with Crippen molar-refractivity contribution in [2.45, 2.75) is 37.2 Å². The molecule has 1 aromatic heterocycles. The Morgan fingerprint density at radius 2 is 2.00 bits per heavy atom. The van der Waals surface area contributed by atoms with Crippen LogP contribution in [0.4, 0.5) is 0 Å². The highest BCUT2D eigenvalue weighted by Gasteiger charge is 2.34. The molecule has 1 fully saturated rings. The van der Waals surface area contributed by atoms with Crippen molar-refractivity contribution in [3.63, 3.8) is 0 Å². The Bertz CT molecular complexity index is 764. The van der Waals surface area contributed by atoms with Gasteiger partial charge in [-0.3, -0.25) is 4.98 Å². The fourth-order valence-corrected chi connectivity index (χ4v) is 4.98. The molecule has 2 aromatic rings. The first-order chi connectivity index (χ1) is 10.5. The van der Waals surface area contributed by atoms with Gasteiger partial charge in [0.2, 0.25) is 10.0 Å². The van der Waals surface area contributed by atoms with Gasteiger partial charge in [-0.2, -0.15) is 4.31 Å². The first-order valence-corrected chi connectivity index (χ1v) is 9.02. The number of fused-ring (bicyclic) bond motifs is 1. The molecule has 0 unspecified atom stereocenters. The van der Waals surface area contributed by atoms with Crippen molar-refractivity contribution >= 4 is 20.8 Å². The lowest BCUT2D eigenvalue weighted by atomic mass is 10.2. The lowest BCUT2D eigenvalue weighted by molar-refractivity contribution is 0.286. The van der Waals surface area contributed by atoms with E-state index in [2.05, 4.69) is 10.3 Å². The number of sulfonamides is 1. The van der Waals surface area contributed by atoms with Gasteiger partial charge in [0.25, 0.3) is 0 Å². The van der Waals surface area contributed by atoms with Crippen LogP contribution in [-0.4, -0.2) is 42.9 Å². The van der Waals surface area contributed by atoms with Gasteiger partial charge in [0.05, 0.1) is 4.90 Å². The van der Waals surface area contributed by atoms with E-state index < -0.39 is 10.0 Å². The molecular formula is C16H21N3O2S. The molecule has 0 bridgehead atoms. The van der Waals surface area contributed by atoms with Gasteiger partial charge in [-0.25, -0.2) is 8.42 Å². The maximum atomic E-state index is 13.1. The van der Waals surface area contributed by atoms with Crippen molar-refractivity contribution in [3.8, 4) is 0 Å². The molecule has 0 radical (unpaired) electrons. The number of hydrogen-bond acceptors (Lipinski definition) is 4. The van der Waals surface area contributed by atoms with E-state index in [4.69, 9.17) is 0 Å². The monoisotopic (exact) mass is 319 g/mol. The Labute approximate surface area is 131 Å². The standard InChI is InChI=1S/C16H21N3O2S/c1-12-5-7-17-10-13(2)19(12)22(20,21)16-4-3-15-11-18-8-6-14(15)9-16/h3-4,6,8-9,11-13,17H,5,7,10H2,1-2H3/t12-,13-/m1/s1. The van der Waals surface area contributed by atoms with E-state index in [0.29, 0.717) is 11.4 Å². The van der Waals surface area contributed by atoms with Crippen molar-refractivity contribution in [3.05, 3.63) is 36.7 Å². The topological polar surface area (TPSA) is 62.3 Å². The molecule has 6 heteroatoms. The summed E-state index contributed by atoms with van der Waals surface area (Å²) in [5.41, 5.74) is 0. The molecule has 0 amide bonds. The van der Waals surface area contributed by atoms with Crippen molar-refractivity contribution in [2.24, 2.45) is 0 Å². The van der Waals surface area contributed by atoms with Crippen LogP contribution < -0.4 is 5.32 Å². The molecule has 0 aliphatic carbocycles. The van der Waals surface area contributed by atoms with Crippen molar-refractivity contribution in [1.29, 1.82) is 0 Å². The largest absolute Gasteiger partial charge is 0.315 e. The normalized spacial score (nSPS) is 24.3. The fraction of sp³-hybridized carbons (Fsp3) is 0.438. The van der Waals surface area contributed by atoms with E-state index >= 15 is 0 Å². The summed E-state index contributed by atoms with van der Waals surface area (Å²) in [7, 11) is -3.50. The zero-order valence-corrected chi connectivity index (χ0v) is 13.7. The van der Waals surface area contributed by atoms with Gasteiger partial charge in [-0.1, -0.05) is 6.07 Å². The predicted octanol–water partition coefficient (Wildman–Crippen LogP) is 2.00. The van der Waals surface area contributed by atoms with Crippen molar-refractivity contribution in [1.82, 2.24) is 14.6 Å². The number of pyridine rings is 1. The highest BCUT2D eigenvalue weighted by Crippen LogP contribution is 2.26. The van der Waals surface area contributed by atoms with Crippen LogP contribution >= 0.6 is 0 Å². The zero-order chi connectivity index (χ0) is 15.7. The van der Waals surface area contributed by atoms with Gasteiger partial charge in [0.1, 0.15) is 0 Å². The Morgan fingerprint density at radius 1 is 1.18 bits per heavy atom. The van der Waals surface area contributed by atoms with E-state index in [-0.39, 0.29) is 12.1 Å². The lowest BCUT2D eigenvalue weighted by Gasteiger charge is -2.31. The molecule has 1 aromatic carbocycles. The highest BCUT2D eigenvalue weighted by atomic mass is 32.2. The Morgan fingerprint density at radius 3 is 2.82 bits per heavy atom. The quantitative estimate of drug-likeness (QED) is 0.919. The summed E-state index contributed by atoms with van der Waals surface area (Å²) >= 11 is 0. The summed E-state index contributed by atoms with van der Waals surface area (Å²) in [6.07, 6.45) is 4.24. The summed E-state index contributed by atoms with van der Waals surface area (Å²) in [4.78, 5) is 4.42. The van der Waals surface area contributed by atoms with Crippen LogP contribution in [0.3, 0.4) is 0 Å². The van der Waals surface area contributed by atoms with Gasteiger partial charge in [-0.15, -0.1) is 0 Å². The summed E-state index contributed by atoms with van der Waals surface area (Å²) < 4.78 is 27.8. The number of nitrogens with zero attached hydrogens (tertiary/aromatic N) is 2. The smallest absolute Gasteiger partial charge is 0.243 e. The average molecular weight is 319 g/mol. The molecule has 1 N–H and O–H groups in total. The molecule has 1 aliphatic rings. The Hall–Kier alpha value is -1.50. The molecule has 1 saturated heterocycles. The third kappa shape index (κ3) is 2.74. The van der Waals surface area contributed by atoms with Crippen molar-refractivity contribution in [2.75, 3.05) is 13.1 Å². The maximum Gasteiger partial charge on any atom is 0.243 e. The van der Waals surface area contributed by atoms with Crippen LogP contribution in [0, 0.1) is 0 Å². The minimum absolute atomic E-state index is 0.0110. The van der Waals surface area contributed by atoms with Gasteiger partial charge < -0.3 is 5.32 Å². The van der Waals surface area contributed by atoms with Crippen LogP contribution in [-0.2, 0) is 10.0 Å². The predicted molar refractivity (Wildman–Crippen MR) is 87.2 cm³/mol. The number of rotatable bonds is 2. The lowest BCUT2D eigenvalue weighted by Crippen LogP contribution is -2.45. The molecule has 5 nitrogen and oxygen atoms in total. The molecular weight excluding hydrogens is 298 g/mol. The number of hydrogen-bond donors (Lipinski definition) is 1. The third-order valence-electron chi connectivity index (χ3n) is 4.23. The zero-order valence-electron chi connectivity index (χ0n) is 12.9. The second kappa shape index (κ2) is 5.95. The first-order valence-electron chi connectivity index (χ1n) is 7.58. The second-order valence-electron chi connectivity index (χ2n) is 5.91. The van der Waals surface area contributed by atoms with Gasteiger partial charge >= 0.3 is 0 Å². The molecule has 0 spiro atoms. The minimum atomic E-state index is -3.50. The molecule has 1 aliphatic heterocycles. The number of nitrogens with one attached hydrogen (secondary N) is 1. The van der Waals surface area contributed by atoms with Gasteiger partial charge in [0, 0.05) is 36.4 Å². The van der Waals surface area contributed by atoms with Crippen LogP contribution in [0.25, 0.3) is 10.8 Å². The van der Waals surface area contributed by atoms with E-state index in [1.54, 1.807) is 28.8 Å². The average Bonchev–Trinajstić information content (AvgIpc) is 2.67. The van der Waals surface area contributed by atoms with E-state index in [1.165, 1.54) is 0 Å². The third-order valence-corrected chi connectivity index (χ3v) is 6.36.